The largest absolute Gasteiger partial charge is 0.478 e. The van der Waals surface area contributed by atoms with Crippen molar-refractivity contribution in [3.63, 3.8) is 0 Å². The molecule has 35 heavy (non-hydrogen) atoms. The number of carbonyl (C=O) groups excluding carboxylic acids is 3. The molecule has 0 aliphatic rings. The maximum Gasteiger partial charge on any atom is 0.408 e. The number of esters is 1. The number of alkyl carbamates (subject to hydrolysis) is 1. The second-order valence-corrected chi connectivity index (χ2v) is 9.98. The van der Waals surface area contributed by atoms with Crippen molar-refractivity contribution in [1.82, 2.24) is 5.32 Å². The van der Waals surface area contributed by atoms with Crippen molar-refractivity contribution >= 4 is 29.6 Å². The maximum atomic E-state index is 13.1. The van der Waals surface area contributed by atoms with Gasteiger partial charge in [0, 0.05) is 12.1 Å². The molecule has 0 bridgehead atoms. The van der Waals surface area contributed by atoms with Gasteiger partial charge in [-0.1, -0.05) is 12.1 Å². The molecule has 2 aromatic carbocycles. The van der Waals surface area contributed by atoms with E-state index in [1.807, 2.05) is 0 Å². The summed E-state index contributed by atoms with van der Waals surface area (Å²) in [4.78, 5) is 48.9. The lowest BCUT2D eigenvalue weighted by molar-refractivity contribution is -0.118. The van der Waals surface area contributed by atoms with Crippen LogP contribution in [0.25, 0.3) is 0 Å². The molecule has 1 unspecified atom stereocenters. The molecule has 0 aliphatic heterocycles. The van der Waals surface area contributed by atoms with Gasteiger partial charge in [-0.2, -0.15) is 0 Å². The monoisotopic (exact) mass is 484 g/mol. The molecule has 0 heterocycles. The Kier molecular flexibility index (Phi) is 8.62. The quantitative estimate of drug-likeness (QED) is 0.496. The van der Waals surface area contributed by atoms with Crippen molar-refractivity contribution in [1.29, 1.82) is 0 Å². The number of rotatable bonds is 7. The second-order valence-electron chi connectivity index (χ2n) is 9.98. The first kappa shape index (κ1) is 27.4. The van der Waals surface area contributed by atoms with Gasteiger partial charge in [-0.3, -0.25) is 4.79 Å². The van der Waals surface area contributed by atoms with Gasteiger partial charge in [-0.15, -0.1) is 0 Å². The number of ether oxygens (including phenoxy) is 2. The number of hydrogen-bond donors (Lipinski definition) is 3. The van der Waals surface area contributed by atoms with Gasteiger partial charge < -0.3 is 25.2 Å². The molecule has 2 aromatic rings. The van der Waals surface area contributed by atoms with Crippen LogP contribution in [0.4, 0.5) is 10.5 Å². The number of aromatic carboxylic acids is 1. The van der Waals surface area contributed by atoms with Gasteiger partial charge in [0.2, 0.25) is 5.91 Å². The molecule has 0 aliphatic carbocycles. The standard InChI is InChI=1S/C26H32N2O7/c1-25(2,3)34-23(32)17-10-12-19(13-11-17)27-21(29)20(28-24(33)35-26(4,5)6)15-16-8-7-9-18(14-16)22(30)31/h7-14,20H,15H2,1-6H3,(H,27,29)(H,28,33)(H,30,31). The minimum Gasteiger partial charge on any atom is -0.478 e. The first-order valence-corrected chi connectivity index (χ1v) is 11.1. The van der Waals surface area contributed by atoms with Crippen LogP contribution in [-0.2, 0) is 20.7 Å². The fourth-order valence-electron chi connectivity index (χ4n) is 2.98. The van der Waals surface area contributed by atoms with Crippen molar-refractivity contribution in [3.8, 4) is 0 Å². The Hall–Kier alpha value is -3.88. The highest BCUT2D eigenvalue weighted by Crippen LogP contribution is 2.16. The summed E-state index contributed by atoms with van der Waals surface area (Å²) in [6.45, 7) is 10.4. The molecule has 0 aromatic heterocycles. The van der Waals surface area contributed by atoms with Crippen LogP contribution in [0.15, 0.2) is 48.5 Å². The van der Waals surface area contributed by atoms with Crippen LogP contribution < -0.4 is 10.6 Å². The molecule has 0 saturated carbocycles. The fourth-order valence-corrected chi connectivity index (χ4v) is 2.98. The highest BCUT2D eigenvalue weighted by molar-refractivity contribution is 5.97. The van der Waals surface area contributed by atoms with Gasteiger partial charge in [0.1, 0.15) is 17.2 Å². The molecule has 188 valence electrons. The van der Waals surface area contributed by atoms with Gasteiger partial charge in [0.25, 0.3) is 0 Å². The van der Waals surface area contributed by atoms with E-state index < -0.39 is 41.2 Å². The predicted octanol–water partition coefficient (Wildman–Crippen LogP) is 4.41. The molecule has 0 spiro atoms. The van der Waals surface area contributed by atoms with Crippen LogP contribution in [0.1, 0.15) is 67.8 Å². The van der Waals surface area contributed by atoms with E-state index >= 15 is 0 Å². The first-order valence-electron chi connectivity index (χ1n) is 11.1. The third kappa shape index (κ3) is 9.48. The molecular weight excluding hydrogens is 452 g/mol. The van der Waals surface area contributed by atoms with Gasteiger partial charge in [-0.25, -0.2) is 14.4 Å². The first-order chi connectivity index (χ1) is 16.1. The molecule has 0 fully saturated rings. The molecule has 0 radical (unpaired) electrons. The van der Waals surface area contributed by atoms with Crippen molar-refractivity contribution in [2.75, 3.05) is 5.32 Å². The van der Waals surface area contributed by atoms with Crippen LogP contribution in [0, 0.1) is 0 Å². The van der Waals surface area contributed by atoms with Crippen molar-refractivity contribution < 1.29 is 33.8 Å². The lowest BCUT2D eigenvalue weighted by Gasteiger charge is -2.23. The summed E-state index contributed by atoms with van der Waals surface area (Å²) in [6, 6.07) is 11.2. The zero-order chi connectivity index (χ0) is 26.4. The maximum absolute atomic E-state index is 13.1. The normalized spacial score (nSPS) is 12.3. The number of hydrogen-bond acceptors (Lipinski definition) is 6. The Morgan fingerprint density at radius 1 is 0.857 bits per heavy atom. The number of anilines is 1. The van der Waals surface area contributed by atoms with E-state index in [1.54, 1.807) is 65.8 Å². The van der Waals surface area contributed by atoms with Crippen LogP contribution in [0.3, 0.4) is 0 Å². The molecule has 9 heteroatoms. The molecule has 0 saturated heterocycles. The van der Waals surface area contributed by atoms with Gasteiger partial charge >= 0.3 is 18.0 Å². The smallest absolute Gasteiger partial charge is 0.408 e. The summed E-state index contributed by atoms with van der Waals surface area (Å²) in [5.74, 6) is -2.13. The SMILES string of the molecule is CC(C)(C)OC(=O)NC(Cc1cccc(C(=O)O)c1)C(=O)Nc1ccc(C(=O)OC(C)(C)C)cc1. The van der Waals surface area contributed by atoms with E-state index in [4.69, 9.17) is 9.47 Å². The van der Waals surface area contributed by atoms with E-state index in [-0.39, 0.29) is 12.0 Å². The number of carbonyl (C=O) groups is 4. The van der Waals surface area contributed by atoms with Crippen molar-refractivity contribution in [3.05, 3.63) is 65.2 Å². The van der Waals surface area contributed by atoms with Gasteiger partial charge in [-0.05, 0) is 83.5 Å². The Bertz CT molecular complexity index is 1080. The van der Waals surface area contributed by atoms with E-state index in [0.29, 0.717) is 16.8 Å². The Morgan fingerprint density at radius 3 is 2.00 bits per heavy atom. The molecule has 9 nitrogen and oxygen atoms in total. The Labute approximate surface area is 204 Å². The Balaban J connectivity index is 2.19. The van der Waals surface area contributed by atoms with E-state index in [0.717, 1.165) is 0 Å². The fraction of sp³-hybridized carbons (Fsp3) is 0.385. The number of nitrogens with one attached hydrogen (secondary N) is 2. The summed E-state index contributed by atoms with van der Waals surface area (Å²) in [7, 11) is 0. The zero-order valence-corrected chi connectivity index (χ0v) is 20.8. The van der Waals surface area contributed by atoms with Crippen molar-refractivity contribution in [2.45, 2.75) is 65.2 Å². The second kappa shape index (κ2) is 11.0. The number of carboxylic acid groups (broad SMARTS) is 1. The number of benzene rings is 2. The van der Waals surface area contributed by atoms with E-state index in [9.17, 15) is 24.3 Å². The topological polar surface area (TPSA) is 131 Å². The third-order valence-corrected chi connectivity index (χ3v) is 4.41. The molecule has 1 atom stereocenters. The van der Waals surface area contributed by atoms with Crippen LogP contribution in [0.5, 0.6) is 0 Å². The lowest BCUT2D eigenvalue weighted by Crippen LogP contribution is -2.47. The molecule has 2 amide bonds. The predicted molar refractivity (Wildman–Crippen MR) is 131 cm³/mol. The van der Waals surface area contributed by atoms with Gasteiger partial charge in [0.05, 0.1) is 11.1 Å². The summed E-state index contributed by atoms with van der Waals surface area (Å²) in [6.07, 6.45) is -0.755. The highest BCUT2D eigenvalue weighted by atomic mass is 16.6. The highest BCUT2D eigenvalue weighted by Gasteiger charge is 2.25. The van der Waals surface area contributed by atoms with Crippen LogP contribution >= 0.6 is 0 Å². The lowest BCUT2D eigenvalue weighted by atomic mass is 10.0. The average Bonchev–Trinajstić information content (AvgIpc) is 2.71. The summed E-state index contributed by atoms with van der Waals surface area (Å²) >= 11 is 0. The third-order valence-electron chi connectivity index (χ3n) is 4.41. The number of amides is 2. The summed E-state index contributed by atoms with van der Waals surface area (Å²) < 4.78 is 10.6. The van der Waals surface area contributed by atoms with Gasteiger partial charge in [0.15, 0.2) is 0 Å². The molecular formula is C26H32N2O7. The summed E-state index contributed by atoms with van der Waals surface area (Å²) in [5.41, 5.74) is -0.0728. The average molecular weight is 485 g/mol. The zero-order valence-electron chi connectivity index (χ0n) is 20.8. The molecule has 3 N–H and O–H groups in total. The van der Waals surface area contributed by atoms with E-state index in [1.165, 1.54) is 24.3 Å². The van der Waals surface area contributed by atoms with Crippen LogP contribution in [-0.4, -0.2) is 46.3 Å². The van der Waals surface area contributed by atoms with Crippen molar-refractivity contribution in [2.24, 2.45) is 0 Å². The van der Waals surface area contributed by atoms with Crippen LogP contribution in [0.2, 0.25) is 0 Å². The minimum absolute atomic E-state index is 0.0299. The summed E-state index contributed by atoms with van der Waals surface area (Å²) in [5, 5.41) is 14.5. The van der Waals surface area contributed by atoms with E-state index in [2.05, 4.69) is 10.6 Å². The number of carboxylic acids is 1. The Morgan fingerprint density at radius 2 is 1.46 bits per heavy atom. The minimum atomic E-state index is -1.10. The molecule has 2 rings (SSSR count).